The van der Waals surface area contributed by atoms with Gasteiger partial charge in [0.25, 0.3) is 0 Å². The van der Waals surface area contributed by atoms with Gasteiger partial charge in [-0.2, -0.15) is 0 Å². The summed E-state index contributed by atoms with van der Waals surface area (Å²) in [5, 5.41) is 12.3. The minimum absolute atomic E-state index is 0.330. The summed E-state index contributed by atoms with van der Waals surface area (Å²) in [4.78, 5) is 0. The number of nitrogens with one attached hydrogen (secondary N) is 1. The molecule has 5 heteroatoms. The van der Waals surface area contributed by atoms with Crippen LogP contribution in [0.1, 0.15) is 6.92 Å². The van der Waals surface area contributed by atoms with Crippen LogP contribution in [0, 0.1) is 0 Å². The second-order valence-electron chi connectivity index (χ2n) is 2.76. The Balaban J connectivity index is 3.41. The Kier molecular flexibility index (Phi) is 8.64. The van der Waals surface area contributed by atoms with E-state index in [1.165, 1.54) is 0 Å². The molecule has 2 atom stereocenters. The highest BCUT2D eigenvalue weighted by atomic mass is 32.2. The molecular weight excluding hydrogens is 190 g/mol. The van der Waals surface area contributed by atoms with Gasteiger partial charge in [-0.3, -0.25) is 4.21 Å². The third-order valence-corrected chi connectivity index (χ3v) is 2.90. The number of hydrogen-bond acceptors (Lipinski definition) is 4. The first kappa shape index (κ1) is 13.0. The van der Waals surface area contributed by atoms with Gasteiger partial charge in [0.2, 0.25) is 0 Å². The highest BCUT2D eigenvalue weighted by Crippen LogP contribution is 1.89. The quantitative estimate of drug-likeness (QED) is 0.558. The maximum absolute atomic E-state index is 11.2. The summed E-state index contributed by atoms with van der Waals surface area (Å²) < 4.78 is 16.0. The van der Waals surface area contributed by atoms with Crippen LogP contribution in [-0.2, 0) is 15.5 Å². The highest BCUT2D eigenvalue weighted by molar-refractivity contribution is 7.85. The van der Waals surface area contributed by atoms with Crippen LogP contribution in [0.4, 0.5) is 0 Å². The van der Waals surface area contributed by atoms with Crippen molar-refractivity contribution in [2.24, 2.45) is 0 Å². The van der Waals surface area contributed by atoms with E-state index in [0.29, 0.717) is 24.7 Å². The minimum Gasteiger partial charge on any atom is -0.391 e. The molecule has 13 heavy (non-hydrogen) atoms. The van der Waals surface area contributed by atoms with Crippen LogP contribution in [0.25, 0.3) is 0 Å². The molecule has 0 saturated heterocycles. The second kappa shape index (κ2) is 8.62. The van der Waals surface area contributed by atoms with Gasteiger partial charge >= 0.3 is 0 Å². The molecule has 0 radical (unpaired) electrons. The molecule has 0 aromatic heterocycles. The molecule has 4 nitrogen and oxygen atoms in total. The van der Waals surface area contributed by atoms with Crippen LogP contribution in [0.5, 0.6) is 0 Å². The van der Waals surface area contributed by atoms with Crippen molar-refractivity contribution in [1.82, 2.24) is 5.32 Å². The molecule has 0 bridgehead atoms. The van der Waals surface area contributed by atoms with Crippen molar-refractivity contribution in [2.45, 2.75) is 13.0 Å². The summed E-state index contributed by atoms with van der Waals surface area (Å²) in [7, 11) is 0.607. The van der Waals surface area contributed by atoms with E-state index in [0.717, 1.165) is 6.54 Å². The van der Waals surface area contributed by atoms with E-state index in [4.69, 9.17) is 4.74 Å². The van der Waals surface area contributed by atoms with Crippen molar-refractivity contribution < 1.29 is 14.1 Å². The van der Waals surface area contributed by atoms with Crippen LogP contribution in [-0.4, -0.2) is 53.7 Å². The van der Waals surface area contributed by atoms with E-state index in [2.05, 4.69) is 5.32 Å². The lowest BCUT2D eigenvalue weighted by atomic mass is 10.4. The predicted molar refractivity (Wildman–Crippen MR) is 54.3 cm³/mol. The third-order valence-electron chi connectivity index (χ3n) is 1.52. The van der Waals surface area contributed by atoms with Gasteiger partial charge in [-0.15, -0.1) is 0 Å². The summed E-state index contributed by atoms with van der Waals surface area (Å²) in [6.45, 7) is 3.78. The van der Waals surface area contributed by atoms with E-state index >= 15 is 0 Å². The number of ether oxygens (including phenoxy) is 1. The first-order valence-electron chi connectivity index (χ1n) is 4.43. The molecule has 0 saturated carbocycles. The summed E-state index contributed by atoms with van der Waals surface area (Å²) in [5.74, 6) is 0.829. The van der Waals surface area contributed by atoms with E-state index in [1.807, 2.05) is 6.92 Å². The third kappa shape index (κ3) is 8.36. The number of aliphatic hydroxyl groups excluding tert-OH is 1. The lowest BCUT2D eigenvalue weighted by Gasteiger charge is -2.09. The molecule has 0 fully saturated rings. The summed E-state index contributed by atoms with van der Waals surface area (Å²) in [5.41, 5.74) is 0. The smallest absolute Gasteiger partial charge is 0.0779 e. The fraction of sp³-hybridized carbons (Fsp3) is 1.00. The lowest BCUT2D eigenvalue weighted by Crippen LogP contribution is -2.31. The van der Waals surface area contributed by atoms with E-state index in [-0.39, 0.29) is 0 Å². The Bertz CT molecular complexity index is 143. The van der Waals surface area contributed by atoms with Gasteiger partial charge < -0.3 is 15.2 Å². The van der Waals surface area contributed by atoms with Crippen molar-refractivity contribution in [3.8, 4) is 0 Å². The number of rotatable bonds is 8. The molecule has 80 valence electrons. The molecule has 0 aliphatic heterocycles. The largest absolute Gasteiger partial charge is 0.391 e. The lowest BCUT2D eigenvalue weighted by molar-refractivity contribution is 0.194. The normalized spacial score (nSPS) is 15.6. The topological polar surface area (TPSA) is 58.6 Å². The zero-order valence-corrected chi connectivity index (χ0v) is 9.10. The minimum atomic E-state index is -0.968. The predicted octanol–water partition coefficient (Wildman–Crippen LogP) is -0.648. The first-order valence-corrected chi connectivity index (χ1v) is 5.92. The Labute approximate surface area is 82.1 Å². The van der Waals surface area contributed by atoms with Gasteiger partial charge in [-0.25, -0.2) is 0 Å². The number of hydrogen-bond donors (Lipinski definition) is 2. The SMILES string of the molecule is CCNCC(O)CS(=O)CCOC. The molecule has 0 heterocycles. The van der Waals surface area contributed by atoms with Crippen molar-refractivity contribution in [3.05, 3.63) is 0 Å². The van der Waals surface area contributed by atoms with Gasteiger partial charge in [0, 0.05) is 30.2 Å². The van der Waals surface area contributed by atoms with Gasteiger partial charge in [0.15, 0.2) is 0 Å². The van der Waals surface area contributed by atoms with E-state index in [1.54, 1.807) is 7.11 Å². The van der Waals surface area contributed by atoms with Crippen molar-refractivity contribution >= 4 is 10.8 Å². The Morgan fingerprint density at radius 3 is 2.85 bits per heavy atom. The highest BCUT2D eigenvalue weighted by Gasteiger charge is 2.08. The molecule has 0 aromatic rings. The molecule has 2 unspecified atom stereocenters. The average molecular weight is 209 g/mol. The molecule has 2 N–H and O–H groups in total. The van der Waals surface area contributed by atoms with E-state index in [9.17, 15) is 9.32 Å². The maximum Gasteiger partial charge on any atom is 0.0779 e. The van der Waals surface area contributed by atoms with Gasteiger partial charge in [0.05, 0.1) is 18.5 Å². The Morgan fingerprint density at radius 1 is 1.62 bits per heavy atom. The molecule has 0 rings (SSSR count). The van der Waals surface area contributed by atoms with Gasteiger partial charge in [0.1, 0.15) is 0 Å². The summed E-state index contributed by atoms with van der Waals surface area (Å²) in [6, 6.07) is 0. The summed E-state index contributed by atoms with van der Waals surface area (Å²) in [6.07, 6.45) is -0.516. The fourth-order valence-corrected chi connectivity index (χ4v) is 1.91. The van der Waals surface area contributed by atoms with Crippen LogP contribution >= 0.6 is 0 Å². The van der Waals surface area contributed by atoms with Crippen LogP contribution < -0.4 is 5.32 Å². The summed E-state index contributed by atoms with van der Waals surface area (Å²) >= 11 is 0. The second-order valence-corrected chi connectivity index (χ2v) is 4.39. The molecule has 0 spiro atoms. The fourth-order valence-electron chi connectivity index (χ4n) is 0.844. The average Bonchev–Trinajstić information content (AvgIpc) is 2.11. The zero-order valence-electron chi connectivity index (χ0n) is 8.28. The monoisotopic (exact) mass is 209 g/mol. The number of aliphatic hydroxyl groups is 1. The van der Waals surface area contributed by atoms with Crippen LogP contribution in [0.2, 0.25) is 0 Å². The zero-order chi connectivity index (χ0) is 10.1. The number of likely N-dealkylation sites (N-methyl/N-ethyl adjacent to an activating group) is 1. The van der Waals surface area contributed by atoms with E-state index < -0.39 is 16.9 Å². The standard InChI is InChI=1S/C8H19NO3S/c1-3-9-6-8(10)7-13(11)5-4-12-2/h8-10H,3-7H2,1-2H3. The van der Waals surface area contributed by atoms with Crippen molar-refractivity contribution in [2.75, 3.05) is 38.3 Å². The molecule has 0 aromatic carbocycles. The molecule has 0 amide bonds. The van der Waals surface area contributed by atoms with Crippen molar-refractivity contribution in [3.63, 3.8) is 0 Å². The Morgan fingerprint density at radius 2 is 2.31 bits per heavy atom. The van der Waals surface area contributed by atoms with Gasteiger partial charge in [-0.1, -0.05) is 6.92 Å². The van der Waals surface area contributed by atoms with Crippen LogP contribution in [0.15, 0.2) is 0 Å². The first-order chi connectivity index (χ1) is 6.20. The molecular formula is C8H19NO3S. The van der Waals surface area contributed by atoms with Crippen LogP contribution in [0.3, 0.4) is 0 Å². The Hall–Kier alpha value is 0.0300. The van der Waals surface area contributed by atoms with Crippen molar-refractivity contribution in [1.29, 1.82) is 0 Å². The maximum atomic E-state index is 11.2. The van der Waals surface area contributed by atoms with Gasteiger partial charge in [-0.05, 0) is 6.54 Å². The molecule has 0 aliphatic rings. The molecule has 0 aliphatic carbocycles. The number of methoxy groups -OCH3 is 1.